The zero-order valence-electron chi connectivity index (χ0n) is 16.6. The van der Waals surface area contributed by atoms with E-state index >= 15 is 0 Å². The lowest BCUT2D eigenvalue weighted by atomic mass is 10.0. The highest BCUT2D eigenvalue weighted by molar-refractivity contribution is 7.99. The van der Waals surface area contributed by atoms with E-state index in [1.807, 2.05) is 6.07 Å². The zero-order valence-corrected chi connectivity index (χ0v) is 18.3. The smallest absolute Gasteiger partial charge is 0.243 e. The maximum absolute atomic E-state index is 14.0. The lowest BCUT2D eigenvalue weighted by Gasteiger charge is -2.26. The first-order chi connectivity index (χ1) is 14.4. The average Bonchev–Trinajstić information content (AvgIpc) is 3.29. The number of aryl methyl sites for hydroxylation is 1. The molecule has 160 valence electrons. The van der Waals surface area contributed by atoms with Crippen LogP contribution in [-0.4, -0.2) is 37.5 Å². The van der Waals surface area contributed by atoms with E-state index in [4.69, 9.17) is 0 Å². The fourth-order valence-corrected chi connectivity index (χ4v) is 6.62. The first-order valence-electron chi connectivity index (χ1n) is 10.2. The molecule has 0 bridgehead atoms. The fourth-order valence-electron chi connectivity index (χ4n) is 3.97. The van der Waals surface area contributed by atoms with Crippen molar-refractivity contribution in [3.05, 3.63) is 59.4 Å². The topological polar surface area (TPSA) is 66.5 Å². The number of hydrogen-bond donors (Lipinski definition) is 1. The minimum absolute atomic E-state index is 0.0872. The molecule has 1 saturated heterocycles. The molecule has 0 saturated carbocycles. The second-order valence-corrected chi connectivity index (χ2v) is 10.7. The molecule has 0 radical (unpaired) electrons. The quantitative estimate of drug-likeness (QED) is 0.728. The molecule has 8 heteroatoms. The van der Waals surface area contributed by atoms with Gasteiger partial charge in [-0.1, -0.05) is 24.3 Å². The first-order valence-corrected chi connectivity index (χ1v) is 12.7. The molecule has 0 aliphatic carbocycles. The summed E-state index contributed by atoms with van der Waals surface area (Å²) in [6.45, 7) is 1.16. The van der Waals surface area contributed by atoms with Crippen LogP contribution in [-0.2, 0) is 21.2 Å². The monoisotopic (exact) mass is 448 g/mol. The SMILES string of the molecule is O=C(CCc1ccc(S(=O)(=O)N2CCCC2)cc1)NC1CCSc2c(F)cccc21. The first kappa shape index (κ1) is 21.3. The zero-order chi connectivity index (χ0) is 21.1. The van der Waals surface area contributed by atoms with E-state index in [-0.39, 0.29) is 17.8 Å². The van der Waals surface area contributed by atoms with Crippen molar-refractivity contribution >= 4 is 27.7 Å². The van der Waals surface area contributed by atoms with Gasteiger partial charge in [-0.05, 0) is 55.0 Å². The van der Waals surface area contributed by atoms with Crippen LogP contribution in [0, 0.1) is 5.82 Å². The molecule has 2 heterocycles. The summed E-state index contributed by atoms with van der Waals surface area (Å²) < 4.78 is 40.7. The van der Waals surface area contributed by atoms with Crippen molar-refractivity contribution < 1.29 is 17.6 Å². The van der Waals surface area contributed by atoms with Crippen LogP contribution in [0.15, 0.2) is 52.3 Å². The highest BCUT2D eigenvalue weighted by Crippen LogP contribution is 2.37. The molecular weight excluding hydrogens is 423 g/mol. The Morgan fingerprint density at radius 3 is 2.60 bits per heavy atom. The number of halogens is 1. The van der Waals surface area contributed by atoms with E-state index in [0.717, 1.165) is 36.1 Å². The van der Waals surface area contributed by atoms with Crippen LogP contribution in [0.3, 0.4) is 0 Å². The standard InChI is InChI=1S/C22H25FN2O3S2/c23-19-5-3-4-18-20(12-15-29-22(18)19)24-21(26)11-8-16-6-9-17(10-7-16)30(27,28)25-13-1-2-14-25/h3-7,9-10,20H,1-2,8,11-15H2,(H,24,26). The Morgan fingerprint density at radius 2 is 1.87 bits per heavy atom. The number of rotatable bonds is 6. The number of fused-ring (bicyclic) bond motifs is 1. The molecule has 1 atom stereocenters. The van der Waals surface area contributed by atoms with Crippen molar-refractivity contribution in [1.29, 1.82) is 0 Å². The van der Waals surface area contributed by atoms with E-state index in [2.05, 4.69) is 5.32 Å². The molecule has 1 amide bonds. The second-order valence-electron chi connectivity index (χ2n) is 7.67. The summed E-state index contributed by atoms with van der Waals surface area (Å²) >= 11 is 1.49. The molecule has 2 aromatic carbocycles. The van der Waals surface area contributed by atoms with Crippen molar-refractivity contribution in [2.24, 2.45) is 0 Å². The van der Waals surface area contributed by atoms with Crippen molar-refractivity contribution in [1.82, 2.24) is 9.62 Å². The maximum Gasteiger partial charge on any atom is 0.243 e. The van der Waals surface area contributed by atoms with E-state index in [1.54, 1.807) is 30.3 Å². The van der Waals surface area contributed by atoms with Gasteiger partial charge in [-0.3, -0.25) is 4.79 Å². The molecule has 30 heavy (non-hydrogen) atoms. The van der Waals surface area contributed by atoms with Gasteiger partial charge < -0.3 is 5.32 Å². The molecule has 2 aromatic rings. The highest BCUT2D eigenvalue weighted by Gasteiger charge is 2.27. The number of amides is 1. The highest BCUT2D eigenvalue weighted by atomic mass is 32.2. The van der Waals surface area contributed by atoms with Gasteiger partial charge in [-0.2, -0.15) is 4.31 Å². The normalized spacial score (nSPS) is 19.4. The molecule has 2 aliphatic rings. The molecule has 2 aliphatic heterocycles. The van der Waals surface area contributed by atoms with Gasteiger partial charge in [0.2, 0.25) is 15.9 Å². The molecule has 1 fully saturated rings. The molecule has 5 nitrogen and oxygen atoms in total. The fraction of sp³-hybridized carbons (Fsp3) is 0.409. The molecule has 1 N–H and O–H groups in total. The summed E-state index contributed by atoms with van der Waals surface area (Å²) in [5.41, 5.74) is 1.76. The van der Waals surface area contributed by atoms with Gasteiger partial charge in [-0.15, -0.1) is 11.8 Å². The Hall–Kier alpha value is -1.90. The molecule has 1 unspecified atom stereocenters. The van der Waals surface area contributed by atoms with E-state index in [0.29, 0.717) is 35.7 Å². The Morgan fingerprint density at radius 1 is 1.13 bits per heavy atom. The second kappa shape index (κ2) is 9.08. The van der Waals surface area contributed by atoms with Crippen molar-refractivity contribution in [2.45, 2.75) is 47.9 Å². The van der Waals surface area contributed by atoms with Crippen LogP contribution in [0.25, 0.3) is 0 Å². The Bertz CT molecular complexity index is 1020. The van der Waals surface area contributed by atoms with Crippen LogP contribution >= 0.6 is 11.8 Å². The summed E-state index contributed by atoms with van der Waals surface area (Å²) in [7, 11) is -3.42. The molecule has 0 spiro atoms. The number of hydrogen-bond acceptors (Lipinski definition) is 4. The van der Waals surface area contributed by atoms with Crippen molar-refractivity contribution in [3.8, 4) is 0 Å². The number of nitrogens with zero attached hydrogens (tertiary/aromatic N) is 1. The van der Waals surface area contributed by atoms with Gasteiger partial charge in [0.1, 0.15) is 5.82 Å². The van der Waals surface area contributed by atoms with Gasteiger partial charge in [0.15, 0.2) is 0 Å². The lowest BCUT2D eigenvalue weighted by Crippen LogP contribution is -2.31. The van der Waals surface area contributed by atoms with Gasteiger partial charge in [0, 0.05) is 30.2 Å². The number of sulfonamides is 1. The van der Waals surface area contributed by atoms with E-state index < -0.39 is 10.0 Å². The molecule has 0 aromatic heterocycles. The molecule has 4 rings (SSSR count). The Kier molecular flexibility index (Phi) is 6.46. The number of carbonyl (C=O) groups is 1. The van der Waals surface area contributed by atoms with Crippen LogP contribution in [0.1, 0.15) is 42.9 Å². The lowest BCUT2D eigenvalue weighted by molar-refractivity contribution is -0.121. The van der Waals surface area contributed by atoms with Gasteiger partial charge in [0.05, 0.1) is 10.9 Å². The Labute approximate surface area is 181 Å². The van der Waals surface area contributed by atoms with Crippen LogP contribution in [0.2, 0.25) is 0 Å². The largest absolute Gasteiger partial charge is 0.349 e. The van der Waals surface area contributed by atoms with E-state index in [9.17, 15) is 17.6 Å². The number of thioether (sulfide) groups is 1. The minimum atomic E-state index is -3.42. The van der Waals surface area contributed by atoms with Gasteiger partial charge in [0.25, 0.3) is 0 Å². The third kappa shape index (κ3) is 4.55. The van der Waals surface area contributed by atoms with Crippen LogP contribution in [0.4, 0.5) is 4.39 Å². The van der Waals surface area contributed by atoms with E-state index in [1.165, 1.54) is 22.1 Å². The summed E-state index contributed by atoms with van der Waals surface area (Å²) in [6, 6.07) is 11.6. The predicted octanol–water partition coefficient (Wildman–Crippen LogP) is 3.90. The van der Waals surface area contributed by atoms with Crippen LogP contribution < -0.4 is 5.32 Å². The predicted molar refractivity (Wildman–Crippen MR) is 115 cm³/mol. The number of benzene rings is 2. The number of carbonyl (C=O) groups excluding carboxylic acids is 1. The minimum Gasteiger partial charge on any atom is -0.349 e. The van der Waals surface area contributed by atoms with Gasteiger partial charge in [-0.25, -0.2) is 12.8 Å². The average molecular weight is 449 g/mol. The summed E-state index contributed by atoms with van der Waals surface area (Å²) in [4.78, 5) is 13.4. The third-order valence-electron chi connectivity index (χ3n) is 5.63. The van der Waals surface area contributed by atoms with Crippen molar-refractivity contribution in [3.63, 3.8) is 0 Å². The maximum atomic E-state index is 14.0. The third-order valence-corrected chi connectivity index (χ3v) is 8.70. The number of nitrogens with one attached hydrogen (secondary N) is 1. The van der Waals surface area contributed by atoms with Crippen molar-refractivity contribution in [2.75, 3.05) is 18.8 Å². The van der Waals surface area contributed by atoms with Gasteiger partial charge >= 0.3 is 0 Å². The summed E-state index contributed by atoms with van der Waals surface area (Å²) in [6.07, 6.45) is 3.40. The summed E-state index contributed by atoms with van der Waals surface area (Å²) in [5, 5.41) is 3.02. The molecular formula is C22H25FN2O3S2. The summed E-state index contributed by atoms with van der Waals surface area (Å²) in [5.74, 6) is 0.447. The van der Waals surface area contributed by atoms with Crippen LogP contribution in [0.5, 0.6) is 0 Å². The Balaban J connectivity index is 1.34.